The predicted molar refractivity (Wildman–Crippen MR) is 284 cm³/mol. The van der Waals surface area contributed by atoms with E-state index in [1.165, 1.54) is 66.6 Å². The van der Waals surface area contributed by atoms with Crippen LogP contribution in [0.3, 0.4) is 0 Å². The molecular formula is C64H42N4. The molecule has 2 aliphatic rings. The molecule has 318 valence electrons. The molecule has 68 heavy (non-hydrogen) atoms. The molecule has 0 fully saturated rings. The highest BCUT2D eigenvalue weighted by molar-refractivity contribution is 6.14. The summed E-state index contributed by atoms with van der Waals surface area (Å²) in [7, 11) is 0. The van der Waals surface area contributed by atoms with Gasteiger partial charge < -0.3 is 18.9 Å². The molecule has 0 spiro atoms. The molecule has 0 amide bonds. The molecule has 4 heterocycles. The van der Waals surface area contributed by atoms with E-state index in [-0.39, 0.29) is 0 Å². The summed E-state index contributed by atoms with van der Waals surface area (Å²) in [5.41, 5.74) is 23.5. The molecule has 0 saturated carbocycles. The minimum absolute atomic E-state index is 1.11. The van der Waals surface area contributed by atoms with Crippen molar-refractivity contribution in [1.29, 1.82) is 0 Å². The van der Waals surface area contributed by atoms with Gasteiger partial charge in [-0.05, 0) is 96.1 Å². The van der Waals surface area contributed by atoms with Crippen molar-refractivity contribution in [3.63, 3.8) is 0 Å². The lowest BCUT2D eigenvalue weighted by Crippen LogP contribution is -2.11. The molecule has 0 bridgehead atoms. The molecule has 0 unspecified atom stereocenters. The van der Waals surface area contributed by atoms with Gasteiger partial charge in [-0.1, -0.05) is 170 Å². The Kier molecular flexibility index (Phi) is 8.55. The van der Waals surface area contributed by atoms with Crippen LogP contribution >= 0.6 is 0 Å². The van der Waals surface area contributed by atoms with E-state index in [9.17, 15) is 0 Å². The lowest BCUT2D eigenvalue weighted by Gasteiger charge is -2.28. The molecule has 0 aliphatic carbocycles. The molecule has 2 aliphatic heterocycles. The van der Waals surface area contributed by atoms with Gasteiger partial charge in [0, 0.05) is 66.9 Å². The fraction of sp³-hybridized carbons (Fsp3) is 0. The Bertz CT molecular complexity index is 3640. The van der Waals surface area contributed by atoms with Crippen molar-refractivity contribution < 1.29 is 0 Å². The zero-order valence-corrected chi connectivity index (χ0v) is 37.0. The van der Waals surface area contributed by atoms with Crippen molar-refractivity contribution >= 4 is 55.9 Å². The van der Waals surface area contributed by atoms with E-state index >= 15 is 0 Å². The van der Waals surface area contributed by atoms with Crippen LogP contribution in [0.2, 0.25) is 0 Å². The molecule has 10 aromatic carbocycles. The van der Waals surface area contributed by atoms with E-state index in [1.807, 2.05) is 0 Å². The van der Waals surface area contributed by atoms with Crippen LogP contribution in [0.4, 0.5) is 34.1 Å². The normalized spacial score (nSPS) is 12.4. The topological polar surface area (TPSA) is 16.3 Å². The summed E-state index contributed by atoms with van der Waals surface area (Å²) in [6.45, 7) is 0. The first-order chi connectivity index (χ1) is 33.8. The van der Waals surface area contributed by atoms with Crippen LogP contribution in [0, 0.1) is 0 Å². The summed E-state index contributed by atoms with van der Waals surface area (Å²) < 4.78 is 4.89. The third kappa shape index (κ3) is 5.68. The Hall–Kier alpha value is -9.12. The molecule has 12 aromatic rings. The van der Waals surface area contributed by atoms with Gasteiger partial charge in [-0.15, -0.1) is 0 Å². The van der Waals surface area contributed by atoms with Gasteiger partial charge in [0.05, 0.1) is 45.2 Å². The Morgan fingerprint density at radius 2 is 0.529 bits per heavy atom. The first-order valence-electron chi connectivity index (χ1n) is 23.4. The Labute approximate surface area is 395 Å². The quantitative estimate of drug-likeness (QED) is 0.171. The summed E-state index contributed by atoms with van der Waals surface area (Å²) in [5, 5.41) is 2.47. The van der Waals surface area contributed by atoms with Crippen LogP contribution in [0.15, 0.2) is 255 Å². The summed E-state index contributed by atoms with van der Waals surface area (Å²) in [5.74, 6) is 0. The van der Waals surface area contributed by atoms with Crippen molar-refractivity contribution in [3.8, 4) is 67.3 Å². The number of rotatable bonds is 5. The fourth-order valence-corrected chi connectivity index (χ4v) is 11.1. The standard InChI is InChI=1S/C64H42N4/c1-3-19-45(20-4-1)67-57-31-15-9-25-51(57)61-49-23-7-13-29-55(49)65(59-33-17-11-27-53(59)63(61)67)47-39-35-43(36-40-47)44-37-41-48(42-38-44)66-56-30-14-8-24-50(56)62-52-26-10-16-32-58(52)68(46-21-5-2-6-22-46)64(62)54-28-12-18-34-60(54)66/h1-42H. The van der Waals surface area contributed by atoms with E-state index in [1.54, 1.807) is 0 Å². The largest absolute Gasteiger partial charge is 0.309 e. The van der Waals surface area contributed by atoms with Gasteiger partial charge in [0.25, 0.3) is 0 Å². The average Bonchev–Trinajstić information content (AvgIpc) is 3.86. The molecule has 0 N–H and O–H groups in total. The van der Waals surface area contributed by atoms with Crippen molar-refractivity contribution in [2.75, 3.05) is 9.80 Å². The summed E-state index contributed by atoms with van der Waals surface area (Å²) in [6, 6.07) is 92.9. The fourth-order valence-electron chi connectivity index (χ4n) is 11.1. The number of hydrogen-bond donors (Lipinski definition) is 0. The van der Waals surface area contributed by atoms with Gasteiger partial charge in [0.1, 0.15) is 0 Å². The number of fused-ring (bicyclic) bond motifs is 14. The van der Waals surface area contributed by atoms with E-state index in [4.69, 9.17) is 0 Å². The van der Waals surface area contributed by atoms with Crippen LogP contribution in [-0.4, -0.2) is 9.13 Å². The SMILES string of the molecule is c1ccc(-n2c3c(c4ccccc42)-c2ccccc2N(c2ccc(-c4ccc(N5c6ccccc6-c6c(n(-c7ccccc7)c7ccccc67)-c6ccccc65)cc4)cc2)c2ccccc2-3)cc1. The third-order valence-electron chi connectivity index (χ3n) is 14.0. The first kappa shape index (κ1) is 38.2. The van der Waals surface area contributed by atoms with Gasteiger partial charge in [0.15, 0.2) is 0 Å². The van der Waals surface area contributed by atoms with Crippen molar-refractivity contribution in [2.45, 2.75) is 0 Å². The smallest absolute Gasteiger partial charge is 0.0641 e. The highest BCUT2D eigenvalue weighted by atomic mass is 15.2. The minimum Gasteiger partial charge on any atom is -0.309 e. The molecular weight excluding hydrogens is 825 g/mol. The third-order valence-corrected chi connectivity index (χ3v) is 14.0. The van der Waals surface area contributed by atoms with Crippen LogP contribution < -0.4 is 9.80 Å². The summed E-state index contributed by atoms with van der Waals surface area (Å²) in [6.07, 6.45) is 0. The molecule has 4 nitrogen and oxygen atoms in total. The van der Waals surface area contributed by atoms with E-state index in [0.717, 1.165) is 56.6 Å². The van der Waals surface area contributed by atoms with Crippen LogP contribution in [0.25, 0.3) is 89.1 Å². The van der Waals surface area contributed by atoms with Gasteiger partial charge in [-0.2, -0.15) is 0 Å². The maximum absolute atomic E-state index is 2.45. The van der Waals surface area contributed by atoms with Gasteiger partial charge >= 0.3 is 0 Å². The maximum atomic E-state index is 2.45. The molecule has 14 rings (SSSR count). The number of para-hydroxylation sites is 8. The molecule has 4 heteroatoms. The monoisotopic (exact) mass is 866 g/mol. The number of benzene rings is 10. The zero-order valence-electron chi connectivity index (χ0n) is 37.0. The Balaban J connectivity index is 0.871. The predicted octanol–water partition coefficient (Wildman–Crippen LogP) is 17.5. The van der Waals surface area contributed by atoms with Gasteiger partial charge in [0.2, 0.25) is 0 Å². The van der Waals surface area contributed by atoms with E-state index in [2.05, 4.69) is 274 Å². The van der Waals surface area contributed by atoms with Crippen LogP contribution in [-0.2, 0) is 0 Å². The van der Waals surface area contributed by atoms with Crippen LogP contribution in [0.1, 0.15) is 0 Å². The second-order valence-corrected chi connectivity index (χ2v) is 17.7. The van der Waals surface area contributed by atoms with E-state index < -0.39 is 0 Å². The Morgan fingerprint density at radius 1 is 0.221 bits per heavy atom. The average molecular weight is 867 g/mol. The highest BCUT2D eigenvalue weighted by Crippen LogP contribution is 2.56. The number of nitrogens with zero attached hydrogens (tertiary/aromatic N) is 4. The number of aromatic nitrogens is 2. The lowest BCUT2D eigenvalue weighted by molar-refractivity contribution is 1.13. The molecule has 0 atom stereocenters. The Morgan fingerprint density at radius 3 is 0.926 bits per heavy atom. The van der Waals surface area contributed by atoms with Crippen molar-refractivity contribution in [1.82, 2.24) is 9.13 Å². The molecule has 0 saturated heterocycles. The first-order valence-corrected chi connectivity index (χ1v) is 23.4. The zero-order chi connectivity index (χ0) is 44.7. The van der Waals surface area contributed by atoms with Crippen molar-refractivity contribution in [2.24, 2.45) is 0 Å². The molecule has 2 aromatic heterocycles. The number of hydrogen-bond acceptors (Lipinski definition) is 2. The second-order valence-electron chi connectivity index (χ2n) is 17.7. The maximum Gasteiger partial charge on any atom is 0.0641 e. The van der Waals surface area contributed by atoms with Crippen LogP contribution in [0.5, 0.6) is 0 Å². The summed E-state index contributed by atoms with van der Waals surface area (Å²) >= 11 is 0. The van der Waals surface area contributed by atoms with Gasteiger partial charge in [-0.25, -0.2) is 0 Å². The van der Waals surface area contributed by atoms with E-state index in [0.29, 0.717) is 0 Å². The minimum atomic E-state index is 1.11. The highest BCUT2D eigenvalue weighted by Gasteiger charge is 2.33. The van der Waals surface area contributed by atoms with Crippen molar-refractivity contribution in [3.05, 3.63) is 255 Å². The number of anilines is 6. The summed E-state index contributed by atoms with van der Waals surface area (Å²) in [4.78, 5) is 4.89. The lowest BCUT2D eigenvalue weighted by atomic mass is 9.98. The van der Waals surface area contributed by atoms with Gasteiger partial charge in [-0.3, -0.25) is 0 Å². The second kappa shape index (κ2) is 15.2. The molecule has 0 radical (unpaired) electrons.